The van der Waals surface area contributed by atoms with E-state index in [0.29, 0.717) is 12.8 Å². The Kier molecular flexibility index (Phi) is 10.5. The fourth-order valence-corrected chi connectivity index (χ4v) is 3.72. The predicted molar refractivity (Wildman–Crippen MR) is 127 cm³/mol. The number of nitrogens with zero attached hydrogens (tertiary/aromatic N) is 1. The number of likely N-dealkylation sites (tertiary alicyclic amines) is 1. The van der Waals surface area contributed by atoms with Crippen LogP contribution in [0.3, 0.4) is 0 Å². The maximum atomic E-state index is 13.0. The number of carbonyl (C=O) groups is 4. The summed E-state index contributed by atoms with van der Waals surface area (Å²) in [4.78, 5) is 50.6. The number of rotatable bonds is 9. The van der Waals surface area contributed by atoms with Crippen LogP contribution in [0, 0.1) is 0 Å². The lowest BCUT2D eigenvalue weighted by atomic mass is 10.0. The van der Waals surface area contributed by atoms with E-state index in [-0.39, 0.29) is 31.8 Å². The number of carbonyl (C=O) groups excluding carboxylic acids is 4. The van der Waals surface area contributed by atoms with Crippen LogP contribution >= 0.6 is 12.4 Å². The van der Waals surface area contributed by atoms with Crippen LogP contribution in [0.5, 0.6) is 0 Å². The molecule has 1 fully saturated rings. The molecule has 10 nitrogen and oxygen atoms in total. The fraction of sp³-hybridized carbons (Fsp3) is 0.565. The zero-order valence-corrected chi connectivity index (χ0v) is 20.6. The van der Waals surface area contributed by atoms with Crippen molar-refractivity contribution in [1.82, 2.24) is 10.2 Å². The third-order valence-electron chi connectivity index (χ3n) is 5.31. The fourth-order valence-electron chi connectivity index (χ4n) is 3.72. The molecule has 3 amide bonds. The van der Waals surface area contributed by atoms with Gasteiger partial charge in [0, 0.05) is 13.0 Å². The van der Waals surface area contributed by atoms with Crippen molar-refractivity contribution in [1.29, 1.82) is 0 Å². The lowest BCUT2D eigenvalue weighted by molar-refractivity contribution is -0.200. The number of amides is 3. The summed E-state index contributed by atoms with van der Waals surface area (Å²) in [7, 11) is 0. The molecule has 1 aromatic carbocycles. The summed E-state index contributed by atoms with van der Waals surface area (Å²) < 4.78 is 5.38. The van der Waals surface area contributed by atoms with Crippen LogP contribution in [0.25, 0.3) is 0 Å². The zero-order valence-electron chi connectivity index (χ0n) is 19.8. The molecule has 1 saturated heterocycles. The summed E-state index contributed by atoms with van der Waals surface area (Å²) in [6, 6.07) is 7.24. The normalized spacial score (nSPS) is 20.7. The maximum absolute atomic E-state index is 13.0. The molecule has 11 heteroatoms. The molecular formula is C23H35ClN4O6. The van der Waals surface area contributed by atoms with E-state index in [0.717, 1.165) is 10.5 Å². The lowest BCUT2D eigenvalue weighted by Crippen LogP contribution is -2.65. The van der Waals surface area contributed by atoms with E-state index in [1.54, 1.807) is 20.8 Å². The highest BCUT2D eigenvalue weighted by atomic mass is 35.5. The van der Waals surface area contributed by atoms with Gasteiger partial charge in [0.05, 0.1) is 18.5 Å². The molecule has 190 valence electrons. The van der Waals surface area contributed by atoms with Crippen molar-refractivity contribution in [3.05, 3.63) is 35.9 Å². The van der Waals surface area contributed by atoms with E-state index >= 15 is 0 Å². The quantitative estimate of drug-likeness (QED) is 0.357. The van der Waals surface area contributed by atoms with Gasteiger partial charge in [-0.25, -0.2) is 4.79 Å². The number of aliphatic hydroxyl groups is 1. The third-order valence-corrected chi connectivity index (χ3v) is 5.31. The van der Waals surface area contributed by atoms with Gasteiger partial charge in [0.2, 0.25) is 17.7 Å². The van der Waals surface area contributed by atoms with Crippen molar-refractivity contribution in [3.8, 4) is 0 Å². The molecule has 1 heterocycles. The second-order valence-corrected chi connectivity index (χ2v) is 9.24. The minimum absolute atomic E-state index is 0. The van der Waals surface area contributed by atoms with E-state index < -0.39 is 53.5 Å². The Morgan fingerprint density at radius 2 is 1.85 bits per heavy atom. The van der Waals surface area contributed by atoms with Crippen molar-refractivity contribution in [2.24, 2.45) is 11.5 Å². The van der Waals surface area contributed by atoms with Crippen LogP contribution in [0.2, 0.25) is 0 Å². The Morgan fingerprint density at radius 1 is 1.24 bits per heavy atom. The van der Waals surface area contributed by atoms with Crippen molar-refractivity contribution in [2.45, 2.75) is 76.3 Å². The average molecular weight is 499 g/mol. The molecule has 0 aliphatic carbocycles. The van der Waals surface area contributed by atoms with E-state index in [9.17, 15) is 24.3 Å². The first kappa shape index (κ1) is 29.3. The SMILES string of the molecule is CC(C)(C)OC(=O)[C@@]1(O)[C@@H](NC(=O)[C@@H](N)CC(N)=O)CCN1C(=O)CCCc1ccccc1.Cl. The van der Waals surface area contributed by atoms with Gasteiger partial charge < -0.3 is 31.5 Å². The molecule has 1 aromatic rings. The van der Waals surface area contributed by atoms with Gasteiger partial charge in [-0.2, -0.15) is 0 Å². The van der Waals surface area contributed by atoms with Gasteiger partial charge in [0.15, 0.2) is 0 Å². The van der Waals surface area contributed by atoms with E-state index in [1.807, 2.05) is 30.3 Å². The number of hydrogen-bond acceptors (Lipinski definition) is 7. The molecule has 0 bridgehead atoms. The number of benzene rings is 1. The van der Waals surface area contributed by atoms with E-state index in [4.69, 9.17) is 16.2 Å². The van der Waals surface area contributed by atoms with E-state index in [1.165, 1.54) is 0 Å². The highest BCUT2D eigenvalue weighted by Crippen LogP contribution is 2.31. The molecule has 1 aliphatic rings. The van der Waals surface area contributed by atoms with Crippen LogP contribution in [0.15, 0.2) is 30.3 Å². The molecule has 0 aromatic heterocycles. The van der Waals surface area contributed by atoms with Crippen LogP contribution in [0.4, 0.5) is 0 Å². The van der Waals surface area contributed by atoms with Gasteiger partial charge in [0.1, 0.15) is 5.60 Å². The first-order valence-corrected chi connectivity index (χ1v) is 11.0. The Balaban J connectivity index is 0.00000578. The van der Waals surface area contributed by atoms with Crippen molar-refractivity contribution in [2.75, 3.05) is 6.54 Å². The first-order chi connectivity index (χ1) is 15.3. The number of ether oxygens (including phenoxy) is 1. The standard InChI is InChI=1S/C23H34N4O6.ClH/c1-22(2,3)33-21(31)23(32)17(26-20(30)16(24)14-18(25)28)12-13-27(23)19(29)11-7-10-15-8-5-4-6-9-15;/h4-6,8-9,16-17,32H,7,10-14,24H2,1-3H3,(H2,25,28)(H,26,30);1H/t16-,17-,23-;/m0./s1. The summed E-state index contributed by atoms with van der Waals surface area (Å²) in [5, 5.41) is 13.9. The number of primary amides is 1. The Hall–Kier alpha value is -2.69. The molecule has 3 atom stereocenters. The molecule has 1 aliphatic heterocycles. The second-order valence-electron chi connectivity index (χ2n) is 9.24. The van der Waals surface area contributed by atoms with Crippen LogP contribution in [-0.2, 0) is 30.3 Å². The number of nitrogens with one attached hydrogen (secondary N) is 1. The van der Waals surface area contributed by atoms with Crippen LogP contribution in [-0.4, -0.2) is 63.7 Å². The third kappa shape index (κ3) is 7.68. The summed E-state index contributed by atoms with van der Waals surface area (Å²) in [5.74, 6) is -3.00. The van der Waals surface area contributed by atoms with Gasteiger partial charge in [-0.3, -0.25) is 14.4 Å². The predicted octanol–water partition coefficient (Wildman–Crippen LogP) is 0.381. The van der Waals surface area contributed by atoms with Crippen molar-refractivity contribution < 1.29 is 29.0 Å². The molecule has 0 radical (unpaired) electrons. The molecule has 0 spiro atoms. The van der Waals surface area contributed by atoms with Crippen molar-refractivity contribution >= 4 is 36.1 Å². The van der Waals surface area contributed by atoms with E-state index in [2.05, 4.69) is 5.32 Å². The molecule has 0 unspecified atom stereocenters. The second kappa shape index (κ2) is 12.1. The zero-order chi connectivity index (χ0) is 24.8. The topological polar surface area (TPSA) is 165 Å². The number of aryl methyl sites for hydroxylation is 1. The molecule has 0 saturated carbocycles. The summed E-state index contributed by atoms with van der Waals surface area (Å²) >= 11 is 0. The van der Waals surface area contributed by atoms with Gasteiger partial charge in [-0.05, 0) is 45.6 Å². The average Bonchev–Trinajstić information content (AvgIpc) is 3.04. The lowest BCUT2D eigenvalue weighted by Gasteiger charge is -2.37. The van der Waals surface area contributed by atoms with Gasteiger partial charge in [-0.15, -0.1) is 12.4 Å². The number of nitrogens with two attached hydrogens (primary N) is 2. The molecular weight excluding hydrogens is 464 g/mol. The number of esters is 1. The van der Waals surface area contributed by atoms with Gasteiger partial charge in [-0.1, -0.05) is 30.3 Å². The van der Waals surface area contributed by atoms with Crippen LogP contribution < -0.4 is 16.8 Å². The van der Waals surface area contributed by atoms with Crippen LogP contribution in [0.1, 0.15) is 52.0 Å². The number of hydrogen-bond donors (Lipinski definition) is 4. The highest BCUT2D eigenvalue weighted by Gasteiger charge is 2.58. The van der Waals surface area contributed by atoms with Gasteiger partial charge >= 0.3 is 5.97 Å². The Labute approximate surface area is 205 Å². The minimum atomic E-state index is -2.40. The maximum Gasteiger partial charge on any atom is 0.362 e. The Bertz CT molecular complexity index is 876. The summed E-state index contributed by atoms with van der Waals surface area (Å²) in [5.41, 5.74) is 8.50. The molecule has 2 rings (SSSR count). The number of halogens is 1. The summed E-state index contributed by atoms with van der Waals surface area (Å²) in [6.07, 6.45) is 0.986. The van der Waals surface area contributed by atoms with Gasteiger partial charge in [0.25, 0.3) is 5.72 Å². The highest BCUT2D eigenvalue weighted by molar-refractivity contribution is 5.91. The Morgan fingerprint density at radius 3 is 2.41 bits per heavy atom. The first-order valence-electron chi connectivity index (χ1n) is 11.0. The molecule has 34 heavy (non-hydrogen) atoms. The molecule has 6 N–H and O–H groups in total. The van der Waals surface area contributed by atoms with Crippen molar-refractivity contribution in [3.63, 3.8) is 0 Å². The minimum Gasteiger partial charge on any atom is -0.456 e. The largest absolute Gasteiger partial charge is 0.456 e. The summed E-state index contributed by atoms with van der Waals surface area (Å²) in [6.45, 7) is 4.93. The monoisotopic (exact) mass is 498 g/mol. The smallest absolute Gasteiger partial charge is 0.362 e.